The van der Waals surface area contributed by atoms with Gasteiger partial charge in [0.1, 0.15) is 0 Å². The Hall–Kier alpha value is -3.69. The van der Waals surface area contributed by atoms with Crippen molar-refractivity contribution in [3.63, 3.8) is 0 Å². The first-order valence-corrected chi connectivity index (χ1v) is 12.5. The lowest BCUT2D eigenvalue weighted by atomic mass is 10.0. The summed E-state index contributed by atoms with van der Waals surface area (Å²) in [5.41, 5.74) is 3.32. The molecule has 170 valence electrons. The highest BCUT2D eigenvalue weighted by molar-refractivity contribution is 7.23. The molecule has 7 nitrogen and oxygen atoms in total. The lowest BCUT2D eigenvalue weighted by molar-refractivity contribution is 0.0925. The molecule has 0 bridgehead atoms. The van der Waals surface area contributed by atoms with Gasteiger partial charge in [-0.1, -0.05) is 49.4 Å². The summed E-state index contributed by atoms with van der Waals surface area (Å²) >= 11 is 2.82. The quantitative estimate of drug-likeness (QED) is 0.365. The van der Waals surface area contributed by atoms with Gasteiger partial charge in [-0.05, 0) is 53.6 Å². The molecule has 4 aromatic rings. The Morgan fingerprint density at radius 2 is 1.68 bits per heavy atom. The molecule has 0 saturated heterocycles. The number of carbonyl (C=O) groups excluding carboxylic acids is 3. The standard InChI is InChI=1S/C25H20N4O3S2/c1-3-14-7-5-8-15(4-2)20(14)29-23(31)17-11-10-16(13-18(17)24(29)32)21(30)26-25-28-27-22(34-25)19-9-6-12-33-19/h5-13H,3-4H2,1-2H3,(H,26,28,30). The lowest BCUT2D eigenvalue weighted by Gasteiger charge is -2.21. The number of nitrogens with one attached hydrogen (secondary N) is 1. The van der Waals surface area contributed by atoms with Gasteiger partial charge in [-0.3, -0.25) is 19.7 Å². The maximum atomic E-state index is 13.4. The third-order valence-electron chi connectivity index (χ3n) is 5.71. The molecular formula is C25H20N4O3S2. The summed E-state index contributed by atoms with van der Waals surface area (Å²) in [5.74, 6) is -1.20. The summed E-state index contributed by atoms with van der Waals surface area (Å²) in [6.07, 6.45) is 1.39. The molecule has 0 radical (unpaired) electrons. The van der Waals surface area contributed by atoms with Crippen molar-refractivity contribution in [1.82, 2.24) is 10.2 Å². The molecule has 3 amide bonds. The average molecular weight is 489 g/mol. The molecule has 1 N–H and O–H groups in total. The van der Waals surface area contributed by atoms with Crippen molar-refractivity contribution >= 4 is 51.2 Å². The van der Waals surface area contributed by atoms with Crippen molar-refractivity contribution in [2.75, 3.05) is 10.2 Å². The monoisotopic (exact) mass is 488 g/mol. The number of hydrogen-bond donors (Lipinski definition) is 1. The minimum absolute atomic E-state index is 0.224. The van der Waals surface area contributed by atoms with E-state index in [-0.39, 0.29) is 17.0 Å². The molecule has 1 aliphatic rings. The second-order valence-corrected chi connectivity index (χ2v) is 9.61. The van der Waals surface area contributed by atoms with Crippen molar-refractivity contribution < 1.29 is 14.4 Å². The van der Waals surface area contributed by atoms with Crippen LogP contribution >= 0.6 is 22.7 Å². The van der Waals surface area contributed by atoms with Crippen LogP contribution in [0.15, 0.2) is 53.9 Å². The van der Waals surface area contributed by atoms with E-state index in [4.69, 9.17) is 0 Å². The lowest BCUT2D eigenvalue weighted by Crippen LogP contribution is -2.31. The number of amides is 3. The van der Waals surface area contributed by atoms with E-state index in [0.717, 1.165) is 21.0 Å². The van der Waals surface area contributed by atoms with Crippen LogP contribution in [0.25, 0.3) is 9.88 Å². The fourth-order valence-corrected chi connectivity index (χ4v) is 5.56. The van der Waals surface area contributed by atoms with E-state index in [2.05, 4.69) is 15.5 Å². The van der Waals surface area contributed by atoms with Crippen LogP contribution < -0.4 is 10.2 Å². The molecule has 9 heteroatoms. The van der Waals surface area contributed by atoms with Gasteiger partial charge in [0.25, 0.3) is 17.7 Å². The van der Waals surface area contributed by atoms with Crippen LogP contribution in [0.4, 0.5) is 10.8 Å². The Balaban J connectivity index is 1.43. The number of anilines is 2. The van der Waals surface area contributed by atoms with Gasteiger partial charge in [-0.25, -0.2) is 4.90 Å². The smallest absolute Gasteiger partial charge is 0.266 e. The van der Waals surface area contributed by atoms with Gasteiger partial charge in [0.2, 0.25) is 5.13 Å². The molecule has 2 aromatic heterocycles. The van der Waals surface area contributed by atoms with Crippen molar-refractivity contribution in [1.29, 1.82) is 0 Å². The van der Waals surface area contributed by atoms with Crippen LogP contribution in [0.1, 0.15) is 56.0 Å². The van der Waals surface area contributed by atoms with Gasteiger partial charge in [0.15, 0.2) is 5.01 Å². The highest BCUT2D eigenvalue weighted by Gasteiger charge is 2.39. The fourth-order valence-electron chi connectivity index (χ4n) is 4.03. The van der Waals surface area contributed by atoms with Crippen molar-refractivity contribution in [3.05, 3.63) is 81.7 Å². The number of fused-ring (bicyclic) bond motifs is 1. The highest BCUT2D eigenvalue weighted by atomic mass is 32.1. The third kappa shape index (κ3) is 3.72. The first-order chi connectivity index (χ1) is 16.5. The molecule has 0 fully saturated rings. The van der Waals surface area contributed by atoms with Crippen LogP contribution in [-0.4, -0.2) is 27.9 Å². The second kappa shape index (κ2) is 8.92. The zero-order chi connectivity index (χ0) is 23.8. The SMILES string of the molecule is CCc1cccc(CC)c1N1C(=O)c2ccc(C(=O)Nc3nnc(-c4cccs4)s3)cc2C1=O. The van der Waals surface area contributed by atoms with Crippen LogP contribution in [0.3, 0.4) is 0 Å². The summed E-state index contributed by atoms with van der Waals surface area (Å²) in [5, 5.41) is 13.9. The zero-order valence-electron chi connectivity index (χ0n) is 18.5. The predicted octanol–water partition coefficient (Wildman–Crippen LogP) is 5.44. The van der Waals surface area contributed by atoms with Gasteiger partial charge in [-0.2, -0.15) is 0 Å². The van der Waals surface area contributed by atoms with Crippen LogP contribution in [0.5, 0.6) is 0 Å². The molecule has 0 unspecified atom stereocenters. The van der Waals surface area contributed by atoms with E-state index in [1.54, 1.807) is 23.5 Å². The molecule has 0 spiro atoms. The number of aromatic nitrogens is 2. The Labute approximate surface area is 204 Å². The van der Waals surface area contributed by atoms with Gasteiger partial charge < -0.3 is 0 Å². The van der Waals surface area contributed by atoms with Crippen LogP contribution in [-0.2, 0) is 12.8 Å². The molecule has 34 heavy (non-hydrogen) atoms. The molecule has 1 aliphatic heterocycles. The van der Waals surface area contributed by atoms with E-state index in [1.807, 2.05) is 49.6 Å². The largest absolute Gasteiger partial charge is 0.296 e. The summed E-state index contributed by atoms with van der Waals surface area (Å²) in [6, 6.07) is 14.2. The Morgan fingerprint density at radius 3 is 2.35 bits per heavy atom. The van der Waals surface area contributed by atoms with E-state index >= 15 is 0 Å². The van der Waals surface area contributed by atoms with Crippen molar-refractivity contribution in [2.45, 2.75) is 26.7 Å². The van der Waals surface area contributed by atoms with Gasteiger partial charge in [0.05, 0.1) is 21.7 Å². The van der Waals surface area contributed by atoms with Gasteiger partial charge >= 0.3 is 0 Å². The molecule has 0 aliphatic carbocycles. The second-order valence-electron chi connectivity index (χ2n) is 7.68. The number of carbonyl (C=O) groups is 3. The first-order valence-electron chi connectivity index (χ1n) is 10.8. The molecule has 0 saturated carbocycles. The number of benzene rings is 2. The summed E-state index contributed by atoms with van der Waals surface area (Å²) in [6.45, 7) is 3.99. The maximum Gasteiger partial charge on any atom is 0.266 e. The Bertz CT molecular complexity index is 1400. The number of nitrogens with zero attached hydrogens (tertiary/aromatic N) is 3. The van der Waals surface area contributed by atoms with E-state index in [1.165, 1.54) is 22.3 Å². The van der Waals surface area contributed by atoms with E-state index in [0.29, 0.717) is 29.2 Å². The third-order valence-corrected chi connectivity index (χ3v) is 7.59. The summed E-state index contributed by atoms with van der Waals surface area (Å²) in [4.78, 5) is 41.7. The van der Waals surface area contributed by atoms with E-state index < -0.39 is 11.8 Å². The number of rotatable bonds is 6. The summed E-state index contributed by atoms with van der Waals surface area (Å²) in [7, 11) is 0. The van der Waals surface area contributed by atoms with Gasteiger partial charge in [-0.15, -0.1) is 21.5 Å². The fraction of sp³-hybridized carbons (Fsp3) is 0.160. The van der Waals surface area contributed by atoms with Crippen molar-refractivity contribution in [2.24, 2.45) is 0 Å². The topological polar surface area (TPSA) is 92.3 Å². The molecule has 5 rings (SSSR count). The number of thiophene rings is 1. The molecular weight excluding hydrogens is 468 g/mol. The van der Waals surface area contributed by atoms with E-state index in [9.17, 15) is 14.4 Å². The Morgan fingerprint density at radius 1 is 0.941 bits per heavy atom. The molecule has 3 heterocycles. The minimum atomic E-state index is -0.418. The maximum absolute atomic E-state index is 13.4. The minimum Gasteiger partial charge on any atom is -0.296 e. The normalized spacial score (nSPS) is 12.8. The average Bonchev–Trinajstić information content (AvgIpc) is 3.59. The number of hydrogen-bond acceptors (Lipinski definition) is 7. The first kappa shape index (κ1) is 22.1. The number of imide groups is 1. The zero-order valence-corrected chi connectivity index (χ0v) is 20.1. The van der Waals surface area contributed by atoms with Crippen LogP contribution in [0.2, 0.25) is 0 Å². The Kier molecular flexibility index (Phi) is 5.80. The predicted molar refractivity (Wildman–Crippen MR) is 134 cm³/mol. The highest BCUT2D eigenvalue weighted by Crippen LogP contribution is 2.35. The number of para-hydroxylation sites is 1. The molecule has 0 atom stereocenters. The van der Waals surface area contributed by atoms with Crippen LogP contribution in [0, 0.1) is 0 Å². The number of aryl methyl sites for hydroxylation is 2. The molecule has 2 aromatic carbocycles. The van der Waals surface area contributed by atoms with Gasteiger partial charge in [0, 0.05) is 5.56 Å². The summed E-state index contributed by atoms with van der Waals surface area (Å²) < 4.78 is 0. The van der Waals surface area contributed by atoms with Crippen molar-refractivity contribution in [3.8, 4) is 9.88 Å².